The highest BCUT2D eigenvalue weighted by Crippen LogP contribution is 2.31. The van der Waals surface area contributed by atoms with Crippen LogP contribution < -0.4 is 5.32 Å². The van der Waals surface area contributed by atoms with E-state index in [9.17, 15) is 18.0 Å². The summed E-state index contributed by atoms with van der Waals surface area (Å²) in [5, 5.41) is 6.42. The summed E-state index contributed by atoms with van der Waals surface area (Å²) < 4.78 is 44.3. The second-order valence-corrected chi connectivity index (χ2v) is 6.56. The van der Waals surface area contributed by atoms with Gasteiger partial charge in [0.25, 0.3) is 0 Å². The van der Waals surface area contributed by atoms with Crippen molar-refractivity contribution in [3.8, 4) is 11.4 Å². The number of hydrogen-bond acceptors (Lipinski definition) is 4. The Hall–Kier alpha value is -2.68. The fourth-order valence-electron chi connectivity index (χ4n) is 2.29. The summed E-state index contributed by atoms with van der Waals surface area (Å²) in [4.78, 5) is 16.0. The van der Waals surface area contributed by atoms with Crippen molar-refractivity contribution in [2.24, 2.45) is 0 Å². The fraction of sp³-hybridized carbons (Fsp3) is 0.167. The zero-order valence-electron chi connectivity index (χ0n) is 13.8. The van der Waals surface area contributed by atoms with E-state index in [0.29, 0.717) is 5.69 Å². The summed E-state index contributed by atoms with van der Waals surface area (Å²) in [7, 11) is 0. The Morgan fingerprint density at radius 1 is 1.15 bits per heavy atom. The summed E-state index contributed by atoms with van der Waals surface area (Å²) in [6.45, 7) is 0. The van der Waals surface area contributed by atoms with E-state index in [0.717, 1.165) is 16.6 Å². The molecule has 9 heteroatoms. The van der Waals surface area contributed by atoms with Crippen LogP contribution in [0.3, 0.4) is 0 Å². The number of halogens is 4. The Kier molecular flexibility index (Phi) is 5.59. The van der Waals surface area contributed by atoms with Crippen LogP contribution in [0, 0.1) is 0 Å². The first-order valence-electron chi connectivity index (χ1n) is 7.87. The van der Waals surface area contributed by atoms with Crippen LogP contribution in [0.4, 0.5) is 18.9 Å². The maximum Gasteiger partial charge on any atom is 0.416 e. The number of rotatable bonds is 5. The molecule has 0 unspecified atom stereocenters. The van der Waals surface area contributed by atoms with Crippen molar-refractivity contribution in [1.82, 2.24) is 10.1 Å². The number of aromatic nitrogens is 2. The van der Waals surface area contributed by atoms with E-state index in [1.54, 1.807) is 24.3 Å². The lowest BCUT2D eigenvalue weighted by Crippen LogP contribution is -2.12. The maximum absolute atomic E-state index is 12.8. The van der Waals surface area contributed by atoms with E-state index in [4.69, 9.17) is 4.52 Å². The average Bonchev–Trinajstić information content (AvgIpc) is 3.10. The Balaban J connectivity index is 1.61. The van der Waals surface area contributed by atoms with Crippen molar-refractivity contribution in [2.45, 2.75) is 19.0 Å². The van der Waals surface area contributed by atoms with Crippen molar-refractivity contribution in [2.75, 3.05) is 5.32 Å². The molecule has 0 saturated carbocycles. The van der Waals surface area contributed by atoms with E-state index in [-0.39, 0.29) is 36.0 Å². The third kappa shape index (κ3) is 5.16. The average molecular weight is 440 g/mol. The minimum Gasteiger partial charge on any atom is -0.339 e. The van der Waals surface area contributed by atoms with Crippen LogP contribution in [0.5, 0.6) is 0 Å². The molecule has 0 saturated heterocycles. The SMILES string of the molecule is O=C(CCc1nc(-c2cccc(C(F)(F)F)c2)no1)Nc1ccc(Br)cc1. The zero-order chi connectivity index (χ0) is 19.4. The number of nitrogens with one attached hydrogen (secondary N) is 1. The monoisotopic (exact) mass is 439 g/mol. The second-order valence-electron chi connectivity index (χ2n) is 5.65. The minimum absolute atomic E-state index is 0.0458. The van der Waals surface area contributed by atoms with Gasteiger partial charge in [0.05, 0.1) is 5.56 Å². The molecule has 140 valence electrons. The van der Waals surface area contributed by atoms with E-state index in [2.05, 4.69) is 31.4 Å². The van der Waals surface area contributed by atoms with Gasteiger partial charge in [0.1, 0.15) is 0 Å². The number of anilines is 1. The topological polar surface area (TPSA) is 68.0 Å². The second kappa shape index (κ2) is 7.91. The van der Waals surface area contributed by atoms with Crippen LogP contribution in [-0.2, 0) is 17.4 Å². The van der Waals surface area contributed by atoms with Crippen LogP contribution in [0.1, 0.15) is 17.9 Å². The molecule has 1 N–H and O–H groups in total. The van der Waals surface area contributed by atoms with Gasteiger partial charge in [-0.2, -0.15) is 18.2 Å². The maximum atomic E-state index is 12.8. The minimum atomic E-state index is -4.45. The zero-order valence-corrected chi connectivity index (χ0v) is 15.3. The van der Waals surface area contributed by atoms with Crippen molar-refractivity contribution < 1.29 is 22.5 Å². The number of alkyl halides is 3. The summed E-state index contributed by atoms with van der Waals surface area (Å²) in [6.07, 6.45) is -4.18. The summed E-state index contributed by atoms with van der Waals surface area (Å²) in [5.41, 5.74) is 0.0535. The number of aryl methyl sites for hydroxylation is 1. The van der Waals surface area contributed by atoms with E-state index >= 15 is 0 Å². The van der Waals surface area contributed by atoms with Gasteiger partial charge in [-0.25, -0.2) is 0 Å². The first kappa shape index (κ1) is 19.1. The van der Waals surface area contributed by atoms with E-state index in [1.807, 2.05) is 0 Å². The van der Waals surface area contributed by atoms with Crippen LogP contribution in [0.25, 0.3) is 11.4 Å². The smallest absolute Gasteiger partial charge is 0.339 e. The van der Waals surface area contributed by atoms with Crippen LogP contribution >= 0.6 is 15.9 Å². The van der Waals surface area contributed by atoms with Crippen molar-refractivity contribution in [1.29, 1.82) is 0 Å². The molecule has 0 aliphatic heterocycles. The summed E-state index contributed by atoms with van der Waals surface area (Å²) in [6, 6.07) is 11.8. The molecular formula is C18H13BrF3N3O2. The molecule has 5 nitrogen and oxygen atoms in total. The van der Waals surface area contributed by atoms with Crippen LogP contribution in [0.2, 0.25) is 0 Å². The molecule has 0 bridgehead atoms. The molecule has 0 spiro atoms. The molecule has 0 aliphatic carbocycles. The largest absolute Gasteiger partial charge is 0.416 e. The van der Waals surface area contributed by atoms with E-state index in [1.165, 1.54) is 12.1 Å². The first-order valence-corrected chi connectivity index (χ1v) is 8.66. The van der Waals surface area contributed by atoms with E-state index < -0.39 is 11.7 Å². The summed E-state index contributed by atoms with van der Waals surface area (Å²) >= 11 is 3.31. The third-order valence-corrected chi connectivity index (χ3v) is 4.14. The molecule has 2 aromatic carbocycles. The van der Waals surface area contributed by atoms with Crippen molar-refractivity contribution in [3.63, 3.8) is 0 Å². The molecule has 0 fully saturated rings. The quantitative estimate of drug-likeness (QED) is 0.601. The first-order chi connectivity index (χ1) is 12.8. The lowest BCUT2D eigenvalue weighted by atomic mass is 10.1. The molecule has 1 amide bonds. The van der Waals surface area contributed by atoms with Gasteiger partial charge in [-0.05, 0) is 36.4 Å². The standard InChI is InChI=1S/C18H13BrF3N3O2/c19-13-4-6-14(7-5-13)23-15(26)8-9-16-24-17(25-27-16)11-2-1-3-12(10-11)18(20,21)22/h1-7,10H,8-9H2,(H,23,26). The highest BCUT2D eigenvalue weighted by Gasteiger charge is 2.30. The lowest BCUT2D eigenvalue weighted by Gasteiger charge is -2.06. The lowest BCUT2D eigenvalue weighted by molar-refractivity contribution is -0.137. The molecule has 1 aromatic heterocycles. The van der Waals surface area contributed by atoms with Crippen molar-refractivity contribution >= 4 is 27.5 Å². The molecule has 3 rings (SSSR count). The number of hydrogen-bond donors (Lipinski definition) is 1. The number of carbonyl (C=O) groups is 1. The third-order valence-electron chi connectivity index (χ3n) is 3.61. The Bertz CT molecular complexity index is 940. The molecule has 0 atom stereocenters. The fourth-order valence-corrected chi connectivity index (χ4v) is 2.55. The molecular weight excluding hydrogens is 427 g/mol. The number of nitrogens with zero attached hydrogens (tertiary/aromatic N) is 2. The Morgan fingerprint density at radius 2 is 1.89 bits per heavy atom. The van der Waals surface area contributed by atoms with Gasteiger partial charge < -0.3 is 9.84 Å². The van der Waals surface area contributed by atoms with Gasteiger partial charge in [-0.3, -0.25) is 4.79 Å². The van der Waals surface area contributed by atoms with Gasteiger partial charge in [-0.1, -0.05) is 33.2 Å². The number of benzene rings is 2. The number of carbonyl (C=O) groups excluding carboxylic acids is 1. The Labute approximate surface area is 160 Å². The van der Waals surface area contributed by atoms with Crippen LogP contribution in [0.15, 0.2) is 57.5 Å². The van der Waals surface area contributed by atoms with Gasteiger partial charge in [0.15, 0.2) is 0 Å². The molecule has 27 heavy (non-hydrogen) atoms. The van der Waals surface area contributed by atoms with Crippen molar-refractivity contribution in [3.05, 3.63) is 64.5 Å². The predicted molar refractivity (Wildman–Crippen MR) is 95.8 cm³/mol. The Morgan fingerprint density at radius 3 is 2.59 bits per heavy atom. The molecule has 3 aromatic rings. The predicted octanol–water partition coefficient (Wildman–Crippen LogP) is 5.09. The normalized spacial score (nSPS) is 11.4. The molecule has 0 aliphatic rings. The van der Waals surface area contributed by atoms with Gasteiger partial charge >= 0.3 is 6.18 Å². The highest BCUT2D eigenvalue weighted by molar-refractivity contribution is 9.10. The van der Waals surface area contributed by atoms with Gasteiger partial charge in [-0.15, -0.1) is 0 Å². The molecule has 0 radical (unpaired) electrons. The van der Waals surface area contributed by atoms with Gasteiger partial charge in [0, 0.05) is 28.6 Å². The van der Waals surface area contributed by atoms with Gasteiger partial charge in [0.2, 0.25) is 17.6 Å². The highest BCUT2D eigenvalue weighted by atomic mass is 79.9. The molecule has 1 heterocycles. The van der Waals surface area contributed by atoms with Crippen LogP contribution in [-0.4, -0.2) is 16.0 Å². The summed E-state index contributed by atoms with van der Waals surface area (Å²) in [5.74, 6) is -0.0195. The number of amides is 1.